The van der Waals surface area contributed by atoms with Crippen molar-refractivity contribution >= 4 is 5.69 Å². The molecule has 0 saturated heterocycles. The van der Waals surface area contributed by atoms with Gasteiger partial charge in [0.25, 0.3) is 0 Å². The third kappa shape index (κ3) is 7.07. The Hall–Kier alpha value is -3.14. The first-order valence-electron chi connectivity index (χ1n) is 10.1. The van der Waals surface area contributed by atoms with Gasteiger partial charge in [0.05, 0.1) is 6.10 Å². The van der Waals surface area contributed by atoms with Crippen LogP contribution in [0.4, 0.5) is 5.69 Å². The molecular weight excluding hydrogens is 362 g/mol. The van der Waals surface area contributed by atoms with Crippen LogP contribution in [-0.4, -0.2) is 19.3 Å². The molecule has 0 saturated carbocycles. The second-order valence-corrected chi connectivity index (χ2v) is 6.87. The second-order valence-electron chi connectivity index (χ2n) is 6.87. The topological polar surface area (TPSA) is 39.7 Å². The smallest absolute Gasteiger partial charge is 0.122 e. The van der Waals surface area contributed by atoms with Crippen LogP contribution in [0, 0.1) is 0 Å². The summed E-state index contributed by atoms with van der Waals surface area (Å²) in [7, 11) is 0. The average Bonchev–Trinajstić information content (AvgIpc) is 2.77. The summed E-state index contributed by atoms with van der Waals surface area (Å²) >= 11 is 0. The van der Waals surface area contributed by atoms with Gasteiger partial charge in [0, 0.05) is 12.2 Å². The summed E-state index contributed by atoms with van der Waals surface area (Å²) < 4.78 is 17.2. The molecule has 0 spiro atoms. The Morgan fingerprint density at radius 1 is 0.724 bits per heavy atom. The Morgan fingerprint density at radius 3 is 1.93 bits per heavy atom. The summed E-state index contributed by atoms with van der Waals surface area (Å²) in [6, 6.07) is 26.0. The number of rotatable bonds is 11. The van der Waals surface area contributed by atoms with Crippen LogP contribution in [0.5, 0.6) is 17.2 Å². The van der Waals surface area contributed by atoms with Crippen LogP contribution in [-0.2, 0) is 6.54 Å². The Bertz CT molecular complexity index is 832. The Morgan fingerprint density at radius 2 is 1.31 bits per heavy atom. The molecule has 4 heteroatoms. The Balaban J connectivity index is 1.38. The maximum atomic E-state index is 5.81. The van der Waals surface area contributed by atoms with Crippen LogP contribution >= 0.6 is 0 Å². The van der Waals surface area contributed by atoms with E-state index >= 15 is 0 Å². The number of para-hydroxylation sites is 1. The van der Waals surface area contributed by atoms with Crippen molar-refractivity contribution in [3.05, 3.63) is 84.4 Å². The molecule has 0 aliphatic heterocycles. The van der Waals surface area contributed by atoms with E-state index in [0.29, 0.717) is 13.2 Å². The van der Waals surface area contributed by atoms with Crippen molar-refractivity contribution in [1.82, 2.24) is 0 Å². The van der Waals surface area contributed by atoms with Crippen molar-refractivity contribution in [2.75, 3.05) is 18.5 Å². The third-order valence-electron chi connectivity index (χ3n) is 4.55. The number of ether oxygens (including phenoxy) is 3. The minimum atomic E-state index is 0.236. The van der Waals surface area contributed by atoms with Gasteiger partial charge in [-0.1, -0.05) is 37.3 Å². The highest BCUT2D eigenvalue weighted by Crippen LogP contribution is 2.19. The van der Waals surface area contributed by atoms with E-state index in [0.717, 1.165) is 35.9 Å². The largest absolute Gasteiger partial charge is 0.491 e. The van der Waals surface area contributed by atoms with Crippen molar-refractivity contribution in [2.45, 2.75) is 32.9 Å². The van der Waals surface area contributed by atoms with Crippen molar-refractivity contribution in [3.8, 4) is 17.2 Å². The average molecular weight is 392 g/mol. The van der Waals surface area contributed by atoms with Gasteiger partial charge in [-0.25, -0.2) is 0 Å². The van der Waals surface area contributed by atoms with E-state index < -0.39 is 0 Å². The van der Waals surface area contributed by atoms with E-state index in [2.05, 4.69) is 31.3 Å². The maximum Gasteiger partial charge on any atom is 0.122 e. The number of benzene rings is 3. The molecule has 3 rings (SSSR count). The van der Waals surface area contributed by atoms with Crippen molar-refractivity contribution in [3.63, 3.8) is 0 Å². The highest BCUT2D eigenvalue weighted by molar-refractivity contribution is 5.47. The lowest BCUT2D eigenvalue weighted by Crippen LogP contribution is -2.09. The van der Waals surface area contributed by atoms with Crippen LogP contribution in [0.3, 0.4) is 0 Å². The number of hydrogen-bond acceptors (Lipinski definition) is 4. The van der Waals surface area contributed by atoms with Crippen molar-refractivity contribution in [2.24, 2.45) is 0 Å². The van der Waals surface area contributed by atoms with Gasteiger partial charge in [-0.15, -0.1) is 0 Å². The van der Waals surface area contributed by atoms with Crippen LogP contribution in [0.25, 0.3) is 0 Å². The first kappa shape index (κ1) is 20.6. The fourth-order valence-corrected chi connectivity index (χ4v) is 2.71. The summed E-state index contributed by atoms with van der Waals surface area (Å²) in [6.07, 6.45) is 1.24. The van der Waals surface area contributed by atoms with Gasteiger partial charge < -0.3 is 19.5 Å². The summed E-state index contributed by atoms with van der Waals surface area (Å²) in [5, 5.41) is 3.43. The molecule has 0 fully saturated rings. The molecule has 29 heavy (non-hydrogen) atoms. The lowest BCUT2D eigenvalue weighted by molar-refractivity contribution is 0.217. The van der Waals surface area contributed by atoms with E-state index in [1.807, 2.05) is 66.7 Å². The quantitative estimate of drug-likeness (QED) is 0.411. The molecule has 3 aromatic rings. The first-order valence-corrected chi connectivity index (χ1v) is 10.1. The van der Waals surface area contributed by atoms with Gasteiger partial charge in [0.15, 0.2) is 0 Å². The van der Waals surface area contributed by atoms with E-state index in [4.69, 9.17) is 14.2 Å². The Kier molecular flexibility index (Phi) is 7.81. The number of nitrogens with one attached hydrogen (secondary N) is 1. The standard InChI is InChI=1S/C25H29NO3/c1-3-20(2)29-25-15-11-22(12-16-25)26-19-21-9-13-24(14-10-21)28-18-17-27-23-7-5-4-6-8-23/h4-16,20,26H,3,17-19H2,1-2H3/t20-/m1/s1. The maximum absolute atomic E-state index is 5.81. The zero-order valence-corrected chi connectivity index (χ0v) is 17.1. The van der Waals surface area contributed by atoms with Gasteiger partial charge in [0.2, 0.25) is 0 Å². The van der Waals surface area contributed by atoms with Crippen molar-refractivity contribution < 1.29 is 14.2 Å². The second kappa shape index (κ2) is 11.0. The summed E-state index contributed by atoms with van der Waals surface area (Å²) in [5.41, 5.74) is 2.26. The highest BCUT2D eigenvalue weighted by Gasteiger charge is 2.02. The molecule has 152 valence electrons. The Labute approximate surface area is 173 Å². The van der Waals surface area contributed by atoms with Gasteiger partial charge in [-0.3, -0.25) is 0 Å². The zero-order chi connectivity index (χ0) is 20.3. The van der Waals surface area contributed by atoms with Crippen LogP contribution in [0.15, 0.2) is 78.9 Å². The minimum Gasteiger partial charge on any atom is -0.491 e. The third-order valence-corrected chi connectivity index (χ3v) is 4.55. The van der Waals surface area contributed by atoms with E-state index in [1.165, 1.54) is 5.56 Å². The fourth-order valence-electron chi connectivity index (χ4n) is 2.71. The summed E-state index contributed by atoms with van der Waals surface area (Å²) in [4.78, 5) is 0. The molecule has 0 amide bonds. The molecule has 0 unspecified atom stereocenters. The predicted octanol–water partition coefficient (Wildman–Crippen LogP) is 5.93. The van der Waals surface area contributed by atoms with Crippen LogP contribution in [0.2, 0.25) is 0 Å². The minimum absolute atomic E-state index is 0.236. The molecule has 0 heterocycles. The van der Waals surface area contributed by atoms with E-state index in [-0.39, 0.29) is 6.10 Å². The molecule has 0 aromatic heterocycles. The predicted molar refractivity (Wildman–Crippen MR) is 118 cm³/mol. The lowest BCUT2D eigenvalue weighted by atomic mass is 10.2. The van der Waals surface area contributed by atoms with Gasteiger partial charge in [-0.2, -0.15) is 0 Å². The molecular formula is C25H29NO3. The van der Waals surface area contributed by atoms with Gasteiger partial charge in [-0.05, 0) is 67.4 Å². The molecule has 3 aromatic carbocycles. The highest BCUT2D eigenvalue weighted by atomic mass is 16.5. The number of hydrogen-bond donors (Lipinski definition) is 1. The normalized spacial score (nSPS) is 11.5. The summed E-state index contributed by atoms with van der Waals surface area (Å²) in [6.45, 7) is 5.98. The molecule has 0 aliphatic carbocycles. The molecule has 1 N–H and O–H groups in total. The monoisotopic (exact) mass is 391 g/mol. The summed E-state index contributed by atoms with van der Waals surface area (Å²) in [5.74, 6) is 2.61. The number of anilines is 1. The SMILES string of the molecule is CC[C@@H](C)Oc1ccc(NCc2ccc(OCCOc3ccccc3)cc2)cc1. The van der Waals surface area contributed by atoms with Gasteiger partial charge >= 0.3 is 0 Å². The van der Waals surface area contributed by atoms with E-state index in [9.17, 15) is 0 Å². The van der Waals surface area contributed by atoms with Crippen LogP contribution < -0.4 is 19.5 Å². The zero-order valence-electron chi connectivity index (χ0n) is 17.1. The van der Waals surface area contributed by atoms with E-state index in [1.54, 1.807) is 0 Å². The fraction of sp³-hybridized carbons (Fsp3) is 0.280. The van der Waals surface area contributed by atoms with Crippen molar-refractivity contribution in [1.29, 1.82) is 0 Å². The lowest BCUT2D eigenvalue weighted by Gasteiger charge is -2.13. The first-order chi connectivity index (χ1) is 14.2. The van der Waals surface area contributed by atoms with Gasteiger partial charge in [0.1, 0.15) is 30.5 Å². The molecule has 0 radical (unpaired) electrons. The molecule has 4 nitrogen and oxygen atoms in total. The molecule has 0 aliphatic rings. The van der Waals surface area contributed by atoms with Crippen LogP contribution in [0.1, 0.15) is 25.8 Å². The molecule has 0 bridgehead atoms. The molecule has 1 atom stereocenters.